The molecule has 0 amide bonds. The lowest BCUT2D eigenvalue weighted by molar-refractivity contribution is -0.142. The number of aromatic amines is 4. The Bertz CT molecular complexity index is 2350. The number of methoxy groups -OCH3 is 2. The second-order valence-electron chi connectivity index (χ2n) is 11.5. The lowest BCUT2D eigenvalue weighted by Gasteiger charge is -2.15. The summed E-state index contributed by atoms with van der Waals surface area (Å²) in [7, 11) is 2.57. The van der Waals surface area contributed by atoms with Gasteiger partial charge >= 0.3 is 17.9 Å². The van der Waals surface area contributed by atoms with Crippen molar-refractivity contribution in [2.24, 2.45) is 5.92 Å². The van der Waals surface area contributed by atoms with Crippen LogP contribution in [0.4, 0.5) is 0 Å². The van der Waals surface area contributed by atoms with Gasteiger partial charge in [0.15, 0.2) is 0 Å². The first-order valence-electron chi connectivity index (χ1n) is 14.8. The lowest BCUT2D eigenvalue weighted by atomic mass is 9.94. The molecule has 11 nitrogen and oxygen atoms in total. The van der Waals surface area contributed by atoms with Crippen molar-refractivity contribution in [1.82, 2.24) is 19.9 Å². The molecule has 4 aromatic rings. The van der Waals surface area contributed by atoms with Crippen LogP contribution in [0.1, 0.15) is 72.2 Å². The number of rotatable bonds is 6. The Morgan fingerprint density at radius 3 is 2.19 bits per heavy atom. The van der Waals surface area contributed by atoms with Crippen molar-refractivity contribution >= 4 is 59.6 Å². The molecule has 8 bridgehead atoms. The number of hydrogen-bond donors (Lipinski definition) is 6. The highest BCUT2D eigenvalue weighted by atomic mass is 16.5. The number of hydrogen-bond acceptors (Lipinski definition) is 6. The van der Waals surface area contributed by atoms with Crippen LogP contribution in [-0.2, 0) is 25.5 Å². The Labute approximate surface area is 268 Å². The predicted molar refractivity (Wildman–Crippen MR) is 178 cm³/mol. The fourth-order valence-electron chi connectivity index (χ4n) is 6.76. The molecule has 5 heterocycles. The molecule has 0 saturated heterocycles. The number of carboxylic acids is 1. The van der Waals surface area contributed by atoms with Gasteiger partial charge in [-0.05, 0) is 55.7 Å². The van der Waals surface area contributed by atoms with Gasteiger partial charge in [-0.2, -0.15) is 0 Å². The van der Waals surface area contributed by atoms with Gasteiger partial charge < -0.3 is 39.6 Å². The number of aliphatic carboxylic acids is 1. The van der Waals surface area contributed by atoms with Crippen LogP contribution in [0.2, 0.25) is 0 Å². The topological polar surface area (TPSA) is 173 Å². The monoisotopic (exact) mass is 634 g/mol. The third-order valence-electron chi connectivity index (χ3n) is 9.12. The summed E-state index contributed by atoms with van der Waals surface area (Å²) in [6.07, 6.45) is 9.83. The average molecular weight is 635 g/mol. The molecule has 47 heavy (non-hydrogen) atoms. The molecule has 0 radical (unpaired) electrons. The summed E-state index contributed by atoms with van der Waals surface area (Å²) in [6.45, 7) is 13.6. The molecule has 0 spiro atoms. The SMILES string of the molecule is C=Cc1c2[nH]c(c1C(=O)OC)/C=c1\[nH]/c(c(C)c1C=C)=C\c1[nH]c(c(/C=C/C(=O)O)c1C)C1=c3[nH]c(c(C)c3=C(O)[C@@H]1C(=O)OC)C2. The van der Waals surface area contributed by atoms with Crippen molar-refractivity contribution in [3.05, 3.63) is 108 Å². The largest absolute Gasteiger partial charge is 0.510 e. The van der Waals surface area contributed by atoms with Gasteiger partial charge in [-0.15, -0.1) is 0 Å². The summed E-state index contributed by atoms with van der Waals surface area (Å²) in [5.41, 5.74) is 7.91. The zero-order valence-electron chi connectivity index (χ0n) is 26.6. The number of aromatic nitrogens is 4. The number of H-pyrrole nitrogens is 4. The van der Waals surface area contributed by atoms with E-state index in [-0.39, 0.29) is 12.2 Å². The third kappa shape index (κ3) is 4.70. The van der Waals surface area contributed by atoms with Crippen LogP contribution in [0.25, 0.3) is 41.7 Å². The second kappa shape index (κ2) is 11.4. The van der Waals surface area contributed by atoms with Crippen LogP contribution in [0.3, 0.4) is 0 Å². The molecule has 1 atom stereocenters. The van der Waals surface area contributed by atoms with Crippen LogP contribution in [0, 0.1) is 26.7 Å². The summed E-state index contributed by atoms with van der Waals surface area (Å²) in [5.74, 6) is -3.71. The number of esters is 2. The van der Waals surface area contributed by atoms with Crippen molar-refractivity contribution in [2.45, 2.75) is 27.2 Å². The highest BCUT2D eigenvalue weighted by Crippen LogP contribution is 2.35. The summed E-state index contributed by atoms with van der Waals surface area (Å²) >= 11 is 0. The second-order valence-corrected chi connectivity index (χ2v) is 11.5. The van der Waals surface area contributed by atoms with Gasteiger partial charge in [0.05, 0.1) is 36.5 Å². The van der Waals surface area contributed by atoms with Gasteiger partial charge in [0, 0.05) is 67.8 Å². The van der Waals surface area contributed by atoms with Gasteiger partial charge in [-0.3, -0.25) is 4.79 Å². The molecule has 0 unspecified atom stereocenters. The highest BCUT2D eigenvalue weighted by molar-refractivity contribution is 6.00. The van der Waals surface area contributed by atoms with Crippen LogP contribution >= 0.6 is 0 Å². The molecule has 0 aromatic carbocycles. The first kappa shape index (κ1) is 31.0. The molecule has 0 fully saturated rings. The van der Waals surface area contributed by atoms with Crippen molar-refractivity contribution in [3.8, 4) is 0 Å². The van der Waals surface area contributed by atoms with Gasteiger partial charge in [0.1, 0.15) is 11.7 Å². The van der Waals surface area contributed by atoms with Gasteiger partial charge in [0.25, 0.3) is 0 Å². The molecule has 4 aromatic heterocycles. The molecular formula is C36H34N4O7. The first-order chi connectivity index (χ1) is 22.4. The first-order valence-corrected chi connectivity index (χ1v) is 14.8. The van der Waals surface area contributed by atoms with Gasteiger partial charge in [-0.1, -0.05) is 25.3 Å². The molecule has 1 aliphatic heterocycles. The molecule has 1 aliphatic carbocycles. The van der Waals surface area contributed by atoms with E-state index in [0.29, 0.717) is 77.8 Å². The van der Waals surface area contributed by atoms with E-state index in [1.807, 2.05) is 32.9 Å². The summed E-state index contributed by atoms with van der Waals surface area (Å²) in [5, 5.41) is 23.5. The Hall–Kier alpha value is -5.97. The Morgan fingerprint density at radius 1 is 0.851 bits per heavy atom. The van der Waals surface area contributed by atoms with Crippen molar-refractivity contribution in [1.29, 1.82) is 0 Å². The van der Waals surface area contributed by atoms with Crippen LogP contribution < -0.4 is 21.3 Å². The van der Waals surface area contributed by atoms with Crippen LogP contribution in [-0.4, -0.2) is 62.3 Å². The van der Waals surface area contributed by atoms with E-state index in [4.69, 9.17) is 9.47 Å². The molecular weight excluding hydrogens is 600 g/mol. The maximum absolute atomic E-state index is 13.3. The summed E-state index contributed by atoms with van der Waals surface area (Å²) in [6, 6.07) is 0. The summed E-state index contributed by atoms with van der Waals surface area (Å²) in [4.78, 5) is 51.8. The van der Waals surface area contributed by atoms with E-state index in [9.17, 15) is 24.6 Å². The maximum Gasteiger partial charge on any atom is 0.340 e. The molecule has 11 heteroatoms. The standard InChI is InChI=1S/C36H34N4O7/c1-8-18-15(3)21-12-22-16(4)20(10-11-27(41)42)32(39-22)30-31(36(45)47-7)34(43)28-17(5)23(40-33(28)30)13-25-19(9-2)29(35(44)46-6)26(38-25)14-24(18)37-21/h8-12,14,31,37-40,43H,1-2,13H2,3-7H3,(H,41,42)/b11-10+,21-12-,24-14-/t31-/m1/s1. The number of aliphatic hydroxyl groups is 1. The fraction of sp³-hybridized carbons (Fsp3) is 0.194. The van der Waals surface area contributed by atoms with E-state index in [0.717, 1.165) is 22.6 Å². The quantitative estimate of drug-likeness (QED) is 0.140. The van der Waals surface area contributed by atoms with E-state index in [2.05, 4.69) is 33.1 Å². The van der Waals surface area contributed by atoms with Gasteiger partial charge in [0.2, 0.25) is 0 Å². The molecule has 2 aliphatic rings. The number of aliphatic hydroxyl groups excluding tert-OH is 1. The molecule has 240 valence electrons. The highest BCUT2D eigenvalue weighted by Gasteiger charge is 2.38. The number of nitrogens with one attached hydrogen (secondary N) is 4. The normalized spacial score (nSPS) is 16.4. The van der Waals surface area contributed by atoms with Crippen LogP contribution in [0.15, 0.2) is 19.2 Å². The smallest absolute Gasteiger partial charge is 0.340 e. The number of fused-ring (bicyclic) bond motifs is 8. The zero-order valence-corrected chi connectivity index (χ0v) is 26.6. The van der Waals surface area contributed by atoms with Crippen molar-refractivity contribution < 1.29 is 34.1 Å². The molecule has 6 rings (SSSR count). The predicted octanol–water partition coefficient (Wildman–Crippen LogP) is 2.32. The average Bonchev–Trinajstić information content (AvgIpc) is 3.79. The fourth-order valence-corrected chi connectivity index (χ4v) is 6.76. The number of ether oxygens (including phenoxy) is 2. The Balaban J connectivity index is 1.82. The van der Waals surface area contributed by atoms with Gasteiger partial charge in [-0.25, -0.2) is 9.59 Å². The minimum absolute atomic E-state index is 0.186. The van der Waals surface area contributed by atoms with E-state index in [1.54, 1.807) is 12.2 Å². The van der Waals surface area contributed by atoms with E-state index in [1.165, 1.54) is 20.3 Å². The molecule has 0 saturated carbocycles. The maximum atomic E-state index is 13.3. The summed E-state index contributed by atoms with van der Waals surface area (Å²) < 4.78 is 10.3. The van der Waals surface area contributed by atoms with Crippen LogP contribution in [0.5, 0.6) is 0 Å². The number of carboxylic acid groups (broad SMARTS) is 1. The Kier molecular flexibility index (Phi) is 7.55. The van der Waals surface area contributed by atoms with E-state index < -0.39 is 23.8 Å². The number of carbonyl (C=O) groups excluding carboxylic acids is 2. The Morgan fingerprint density at radius 2 is 1.55 bits per heavy atom. The molecule has 6 N–H and O–H groups in total. The van der Waals surface area contributed by atoms with Crippen molar-refractivity contribution in [2.75, 3.05) is 14.2 Å². The third-order valence-corrected chi connectivity index (χ3v) is 9.12. The minimum Gasteiger partial charge on any atom is -0.510 e. The van der Waals surface area contributed by atoms with Crippen molar-refractivity contribution in [3.63, 3.8) is 0 Å². The van der Waals surface area contributed by atoms with E-state index >= 15 is 0 Å². The number of carbonyl (C=O) groups is 3. The zero-order chi connectivity index (χ0) is 33.9. The lowest BCUT2D eigenvalue weighted by Crippen LogP contribution is -2.24. The minimum atomic E-state index is -1.18.